The van der Waals surface area contributed by atoms with Crippen molar-refractivity contribution in [2.45, 2.75) is 88.1 Å². The molecule has 0 aromatic rings. The predicted octanol–water partition coefficient (Wildman–Crippen LogP) is 5.34. The third-order valence-corrected chi connectivity index (χ3v) is 11.5. The zero-order chi connectivity index (χ0) is 18.6. The lowest BCUT2D eigenvalue weighted by atomic mass is 9.88. The monoisotopic (exact) mass is 364 g/mol. The molecule has 0 aromatic heterocycles. The molecule has 0 radical (unpaired) electrons. The summed E-state index contributed by atoms with van der Waals surface area (Å²) in [5, 5.41) is -0.538. The molecule has 0 aromatic carbocycles. The van der Waals surface area contributed by atoms with E-state index in [9.17, 15) is 9.59 Å². The van der Waals surface area contributed by atoms with Gasteiger partial charge in [-0.05, 0) is 25.7 Å². The molecule has 25 heavy (non-hydrogen) atoms. The van der Waals surface area contributed by atoms with Crippen LogP contribution in [0.2, 0.25) is 10.1 Å². The molecule has 0 atom stereocenters. The first-order valence-corrected chi connectivity index (χ1v) is 11.3. The zero-order valence-electron chi connectivity index (χ0n) is 15.8. The molecule has 0 aliphatic heterocycles. The van der Waals surface area contributed by atoms with Crippen LogP contribution in [0.25, 0.3) is 0 Å². The van der Waals surface area contributed by atoms with Gasteiger partial charge in [-0.25, -0.2) is 9.59 Å². The first-order valence-electron chi connectivity index (χ1n) is 9.53. The number of rotatable bonds is 6. The Kier molecular flexibility index (Phi) is 6.30. The second-order valence-electron chi connectivity index (χ2n) is 8.11. The molecule has 0 heterocycles. The summed E-state index contributed by atoms with van der Waals surface area (Å²) in [5.74, 6) is -0.941. The van der Waals surface area contributed by atoms with Crippen LogP contribution in [0.1, 0.15) is 78.1 Å². The predicted molar refractivity (Wildman–Crippen MR) is 101 cm³/mol. The molecule has 2 saturated carbocycles. The summed E-state index contributed by atoms with van der Waals surface area (Å²) in [6.07, 6.45) is 12.8. The highest BCUT2D eigenvalue weighted by molar-refractivity contribution is 6.76. The van der Waals surface area contributed by atoms with Gasteiger partial charge in [-0.2, -0.15) is 0 Å². The molecule has 0 unspecified atom stereocenters. The second kappa shape index (κ2) is 7.90. The summed E-state index contributed by atoms with van der Waals surface area (Å²) >= 11 is 0. The lowest BCUT2D eigenvalue weighted by Crippen LogP contribution is -2.63. The number of carbonyl (C=O) groups excluding carboxylic acids is 2. The van der Waals surface area contributed by atoms with Gasteiger partial charge in [0.05, 0.1) is 0 Å². The van der Waals surface area contributed by atoms with Crippen LogP contribution in [0.5, 0.6) is 0 Å². The summed E-state index contributed by atoms with van der Waals surface area (Å²) in [7, 11) is -3.25. The fourth-order valence-corrected chi connectivity index (χ4v) is 10.2. The standard InChI is InChI=1S/C20H32O4Si/c1-5-17(21)23-25(24-18(22)6-2,19(3)13-9-7-10-14-19)20(4)15-11-8-12-16-20/h5-6H,1-2,7-16H2,3-4H3. The van der Waals surface area contributed by atoms with Gasteiger partial charge in [-0.3, -0.25) is 0 Å². The van der Waals surface area contributed by atoms with Gasteiger partial charge < -0.3 is 8.85 Å². The van der Waals surface area contributed by atoms with Crippen molar-refractivity contribution in [1.29, 1.82) is 0 Å². The second-order valence-corrected chi connectivity index (χ2v) is 12.2. The maximum Gasteiger partial charge on any atom is 0.477 e. The molecule has 2 fully saturated rings. The summed E-state index contributed by atoms with van der Waals surface area (Å²) in [6.45, 7) is 11.5. The van der Waals surface area contributed by atoms with Gasteiger partial charge in [0.15, 0.2) is 0 Å². The molecule has 140 valence electrons. The zero-order valence-corrected chi connectivity index (χ0v) is 16.8. The Labute approximate surface area is 152 Å². The first kappa shape index (κ1) is 20.0. The van der Waals surface area contributed by atoms with E-state index in [1.54, 1.807) is 0 Å². The molecule has 5 heteroatoms. The normalized spacial score (nSPS) is 22.5. The van der Waals surface area contributed by atoms with E-state index >= 15 is 0 Å². The van der Waals surface area contributed by atoms with Gasteiger partial charge in [-0.1, -0.05) is 65.5 Å². The maximum absolute atomic E-state index is 12.3. The van der Waals surface area contributed by atoms with Crippen molar-refractivity contribution in [3.8, 4) is 0 Å². The van der Waals surface area contributed by atoms with E-state index in [2.05, 4.69) is 27.0 Å². The van der Waals surface area contributed by atoms with E-state index in [-0.39, 0.29) is 10.1 Å². The topological polar surface area (TPSA) is 52.6 Å². The lowest BCUT2D eigenvalue weighted by Gasteiger charge is -2.54. The average Bonchev–Trinajstić information content (AvgIpc) is 2.61. The molecule has 4 nitrogen and oxygen atoms in total. The van der Waals surface area contributed by atoms with Crippen LogP contribution in [0.4, 0.5) is 0 Å². The van der Waals surface area contributed by atoms with E-state index in [0.717, 1.165) is 51.4 Å². The van der Waals surface area contributed by atoms with Crippen molar-refractivity contribution in [1.82, 2.24) is 0 Å². The Balaban J connectivity index is 2.58. The molecule has 0 N–H and O–H groups in total. The van der Waals surface area contributed by atoms with Crippen LogP contribution >= 0.6 is 0 Å². The highest BCUT2D eigenvalue weighted by Gasteiger charge is 2.70. The minimum absolute atomic E-state index is 0.269. The highest BCUT2D eigenvalue weighted by Crippen LogP contribution is 2.64. The number of carbonyl (C=O) groups is 2. The van der Waals surface area contributed by atoms with Crippen molar-refractivity contribution in [2.75, 3.05) is 0 Å². The first-order chi connectivity index (χ1) is 11.8. The summed E-state index contributed by atoms with van der Waals surface area (Å²) in [5.41, 5.74) is 0. The van der Waals surface area contributed by atoms with E-state index in [0.29, 0.717) is 0 Å². The maximum atomic E-state index is 12.3. The van der Waals surface area contributed by atoms with Gasteiger partial charge in [0.25, 0.3) is 0 Å². The Bertz CT molecular complexity index is 480. The molecule has 0 bridgehead atoms. The third kappa shape index (κ3) is 3.76. The molecule has 0 amide bonds. The van der Waals surface area contributed by atoms with Crippen molar-refractivity contribution in [3.63, 3.8) is 0 Å². The van der Waals surface area contributed by atoms with Gasteiger partial charge in [0.2, 0.25) is 0 Å². The van der Waals surface area contributed by atoms with Crippen LogP contribution in [-0.4, -0.2) is 20.5 Å². The average molecular weight is 365 g/mol. The largest absolute Gasteiger partial charge is 0.481 e. The van der Waals surface area contributed by atoms with Crippen molar-refractivity contribution >= 4 is 20.5 Å². The summed E-state index contributed by atoms with van der Waals surface area (Å²) in [6, 6.07) is 0. The van der Waals surface area contributed by atoms with Gasteiger partial charge in [-0.15, -0.1) is 0 Å². The fraction of sp³-hybridized carbons (Fsp3) is 0.700. The highest BCUT2D eigenvalue weighted by atomic mass is 28.4. The van der Waals surface area contributed by atoms with E-state index in [1.807, 2.05) is 0 Å². The molecule has 0 saturated heterocycles. The van der Waals surface area contributed by atoms with Crippen LogP contribution in [0.3, 0.4) is 0 Å². The molecular formula is C20H32O4Si. The molecule has 2 aliphatic carbocycles. The number of hydrogen-bond donors (Lipinski definition) is 0. The fourth-order valence-electron chi connectivity index (χ4n) is 4.93. The summed E-state index contributed by atoms with van der Waals surface area (Å²) in [4.78, 5) is 24.7. The lowest BCUT2D eigenvalue weighted by molar-refractivity contribution is -0.138. The van der Waals surface area contributed by atoms with Crippen molar-refractivity contribution in [3.05, 3.63) is 25.3 Å². The Morgan fingerprint density at radius 2 is 1.08 bits per heavy atom. The van der Waals surface area contributed by atoms with Crippen molar-refractivity contribution in [2.24, 2.45) is 0 Å². The van der Waals surface area contributed by atoms with Crippen molar-refractivity contribution < 1.29 is 18.4 Å². The number of hydrogen-bond acceptors (Lipinski definition) is 4. The van der Waals surface area contributed by atoms with Crippen LogP contribution in [0, 0.1) is 0 Å². The van der Waals surface area contributed by atoms with E-state index in [1.165, 1.54) is 25.0 Å². The van der Waals surface area contributed by atoms with Crippen LogP contribution < -0.4 is 0 Å². The Morgan fingerprint density at radius 3 is 1.36 bits per heavy atom. The SMILES string of the molecule is C=CC(=O)O[Si](OC(=O)C=C)(C1(C)CCCCC1)C1(C)CCCCC1. The molecular weight excluding hydrogens is 332 g/mol. The Morgan fingerprint density at radius 1 is 0.760 bits per heavy atom. The van der Waals surface area contributed by atoms with Gasteiger partial charge in [0.1, 0.15) is 0 Å². The van der Waals surface area contributed by atoms with Gasteiger partial charge in [0, 0.05) is 22.2 Å². The molecule has 2 aliphatic rings. The summed E-state index contributed by atoms with van der Waals surface area (Å²) < 4.78 is 12.3. The minimum Gasteiger partial charge on any atom is -0.481 e. The Hall–Kier alpha value is -1.36. The smallest absolute Gasteiger partial charge is 0.477 e. The quantitative estimate of drug-likeness (QED) is 0.472. The van der Waals surface area contributed by atoms with Crippen LogP contribution in [-0.2, 0) is 18.4 Å². The third-order valence-electron chi connectivity index (χ3n) is 6.33. The van der Waals surface area contributed by atoms with Gasteiger partial charge >= 0.3 is 20.5 Å². The van der Waals surface area contributed by atoms with Crippen LogP contribution in [0.15, 0.2) is 25.3 Å². The molecule has 0 spiro atoms. The van der Waals surface area contributed by atoms with E-state index < -0.39 is 20.5 Å². The van der Waals surface area contributed by atoms with E-state index in [4.69, 9.17) is 8.85 Å². The molecule has 2 rings (SSSR count). The minimum atomic E-state index is -3.25.